The first-order valence-electron chi connectivity index (χ1n) is 4.91. The summed E-state index contributed by atoms with van der Waals surface area (Å²) < 4.78 is 11.7. The van der Waals surface area contributed by atoms with E-state index in [9.17, 15) is 4.79 Å². The number of isocyanates is 1. The number of halogens is 1. The molecule has 0 spiro atoms. The predicted octanol–water partition coefficient (Wildman–Crippen LogP) is 3.78. The van der Waals surface area contributed by atoms with Crippen LogP contribution in [0.4, 0.5) is 0 Å². The van der Waals surface area contributed by atoms with Crippen molar-refractivity contribution in [3.05, 3.63) is 34.7 Å². The molecule has 3 rings (SSSR count). The molecular weight excluding hydrogens is 286 g/mol. The van der Waals surface area contributed by atoms with Crippen LogP contribution >= 0.6 is 15.9 Å². The van der Waals surface area contributed by atoms with Crippen molar-refractivity contribution in [3.63, 3.8) is 0 Å². The van der Waals surface area contributed by atoms with E-state index in [1.807, 2.05) is 12.1 Å². The van der Waals surface area contributed by atoms with Crippen LogP contribution in [0.3, 0.4) is 0 Å². The summed E-state index contributed by atoms with van der Waals surface area (Å²) in [4.78, 5) is 13.8. The van der Waals surface area contributed by atoms with Crippen LogP contribution in [0.15, 0.2) is 43.0 Å². The highest BCUT2D eigenvalue weighted by atomic mass is 79.9. The number of nitrogens with zero attached hydrogens (tertiary/aromatic N) is 1. The zero-order valence-corrected chi connectivity index (χ0v) is 10.2. The molecule has 0 atom stereocenters. The van der Waals surface area contributed by atoms with Gasteiger partial charge in [0, 0.05) is 16.3 Å². The summed E-state index contributed by atoms with van der Waals surface area (Å²) in [5.41, 5.74) is 2.28. The van der Waals surface area contributed by atoms with Gasteiger partial charge in [-0.2, -0.15) is 0 Å². The quantitative estimate of drug-likeness (QED) is 0.533. The number of aliphatic imine (C=N–C) groups is 1. The maximum absolute atomic E-state index is 10.2. The van der Waals surface area contributed by atoms with Crippen molar-refractivity contribution < 1.29 is 13.6 Å². The van der Waals surface area contributed by atoms with E-state index in [0.717, 1.165) is 26.4 Å². The number of fused-ring (bicyclic) bond motifs is 2. The molecule has 0 aliphatic rings. The lowest BCUT2D eigenvalue weighted by molar-refractivity contribution is 0.562. The summed E-state index contributed by atoms with van der Waals surface area (Å²) in [7, 11) is 0. The zero-order chi connectivity index (χ0) is 11.8. The van der Waals surface area contributed by atoms with E-state index in [-0.39, 0.29) is 6.54 Å². The Kier molecular flexibility index (Phi) is 2.35. The molecule has 3 aromatic rings. The van der Waals surface area contributed by atoms with Gasteiger partial charge < -0.3 is 8.83 Å². The van der Waals surface area contributed by atoms with E-state index < -0.39 is 0 Å². The molecule has 0 saturated carbocycles. The van der Waals surface area contributed by atoms with Crippen LogP contribution in [-0.4, -0.2) is 6.08 Å². The van der Waals surface area contributed by atoms with Crippen molar-refractivity contribution in [2.24, 2.45) is 4.99 Å². The first-order valence-corrected chi connectivity index (χ1v) is 5.70. The van der Waals surface area contributed by atoms with Gasteiger partial charge in [0.05, 0.1) is 23.5 Å². The van der Waals surface area contributed by atoms with E-state index >= 15 is 0 Å². The SMILES string of the molecule is O=C=NCc1c2ccoc2c(Br)c2ccoc12. The van der Waals surface area contributed by atoms with Crippen molar-refractivity contribution in [3.8, 4) is 0 Å². The first-order chi connectivity index (χ1) is 8.33. The van der Waals surface area contributed by atoms with Gasteiger partial charge in [-0.25, -0.2) is 9.79 Å². The largest absolute Gasteiger partial charge is 0.464 e. The fraction of sp³-hybridized carbons (Fsp3) is 0.0833. The Hall–Kier alpha value is -1.84. The van der Waals surface area contributed by atoms with E-state index in [2.05, 4.69) is 20.9 Å². The molecule has 0 aliphatic heterocycles. The molecule has 5 heteroatoms. The average Bonchev–Trinajstić information content (AvgIpc) is 2.97. The fourth-order valence-electron chi connectivity index (χ4n) is 1.95. The highest BCUT2D eigenvalue weighted by Crippen LogP contribution is 2.37. The smallest absolute Gasteiger partial charge is 0.235 e. The summed E-state index contributed by atoms with van der Waals surface area (Å²) in [5.74, 6) is 0. The molecule has 0 N–H and O–H groups in total. The zero-order valence-electron chi connectivity index (χ0n) is 8.57. The molecule has 0 radical (unpaired) electrons. The van der Waals surface area contributed by atoms with Gasteiger partial charge in [0.25, 0.3) is 0 Å². The van der Waals surface area contributed by atoms with E-state index in [0.29, 0.717) is 5.58 Å². The number of rotatable bonds is 2. The molecule has 0 fully saturated rings. The summed E-state index contributed by atoms with van der Waals surface area (Å²) in [5, 5.41) is 1.79. The lowest BCUT2D eigenvalue weighted by Gasteiger charge is -2.02. The van der Waals surface area contributed by atoms with Crippen molar-refractivity contribution in [2.45, 2.75) is 6.54 Å². The van der Waals surface area contributed by atoms with Gasteiger partial charge in [0.1, 0.15) is 11.2 Å². The van der Waals surface area contributed by atoms with E-state index in [4.69, 9.17) is 8.83 Å². The van der Waals surface area contributed by atoms with Crippen LogP contribution in [0.5, 0.6) is 0 Å². The van der Waals surface area contributed by atoms with Gasteiger partial charge in [-0.1, -0.05) is 0 Å². The Bertz CT molecular complexity index is 698. The summed E-state index contributed by atoms with van der Waals surface area (Å²) >= 11 is 3.48. The van der Waals surface area contributed by atoms with Gasteiger partial charge in [0.2, 0.25) is 6.08 Å². The van der Waals surface area contributed by atoms with Crippen LogP contribution in [0.1, 0.15) is 5.56 Å². The number of hydrogen-bond donors (Lipinski definition) is 0. The second kappa shape index (κ2) is 3.87. The standard InChI is InChI=1S/C12H6BrNO3/c13-10-8-2-4-16-11(8)9(5-14-6-15)7-1-3-17-12(7)10/h1-4H,5H2. The van der Waals surface area contributed by atoms with Crippen LogP contribution < -0.4 is 0 Å². The molecule has 17 heavy (non-hydrogen) atoms. The highest BCUT2D eigenvalue weighted by molar-refractivity contribution is 9.10. The molecule has 0 unspecified atom stereocenters. The van der Waals surface area contributed by atoms with Gasteiger partial charge in [-0.05, 0) is 28.1 Å². The predicted molar refractivity (Wildman–Crippen MR) is 65.5 cm³/mol. The molecule has 2 aromatic heterocycles. The topological polar surface area (TPSA) is 55.7 Å². The number of benzene rings is 1. The van der Waals surface area contributed by atoms with Gasteiger partial charge in [-0.15, -0.1) is 0 Å². The minimum Gasteiger partial charge on any atom is -0.464 e. The monoisotopic (exact) mass is 291 g/mol. The van der Waals surface area contributed by atoms with Crippen molar-refractivity contribution in [1.29, 1.82) is 0 Å². The highest BCUT2D eigenvalue weighted by Gasteiger charge is 2.16. The van der Waals surface area contributed by atoms with Crippen LogP contribution in [0.25, 0.3) is 21.9 Å². The first kappa shape index (κ1) is 10.3. The lowest BCUT2D eigenvalue weighted by Crippen LogP contribution is -1.85. The molecular formula is C12H6BrNO3. The number of carbonyl (C=O) groups excluding carboxylic acids is 1. The summed E-state index contributed by atoms with van der Waals surface area (Å²) in [6, 6.07) is 3.67. The van der Waals surface area contributed by atoms with Gasteiger partial charge in [0.15, 0.2) is 0 Å². The summed E-state index contributed by atoms with van der Waals surface area (Å²) in [6.45, 7) is 0.233. The number of furan rings is 2. The van der Waals surface area contributed by atoms with Crippen LogP contribution in [0, 0.1) is 0 Å². The van der Waals surface area contributed by atoms with Crippen molar-refractivity contribution in [1.82, 2.24) is 0 Å². The second-order valence-electron chi connectivity index (χ2n) is 3.53. The Balaban J connectivity index is 2.47. The molecule has 4 nitrogen and oxygen atoms in total. The second-order valence-corrected chi connectivity index (χ2v) is 4.32. The molecule has 0 amide bonds. The molecule has 2 heterocycles. The van der Waals surface area contributed by atoms with Crippen LogP contribution in [0.2, 0.25) is 0 Å². The Morgan fingerprint density at radius 1 is 1.18 bits per heavy atom. The maximum Gasteiger partial charge on any atom is 0.235 e. The fourth-order valence-corrected chi connectivity index (χ4v) is 2.56. The van der Waals surface area contributed by atoms with Gasteiger partial charge in [-0.3, -0.25) is 0 Å². The summed E-state index contributed by atoms with van der Waals surface area (Å²) in [6.07, 6.45) is 4.73. The minimum absolute atomic E-state index is 0.233. The number of hydrogen-bond acceptors (Lipinski definition) is 4. The van der Waals surface area contributed by atoms with Crippen molar-refractivity contribution >= 4 is 43.9 Å². The molecule has 0 bridgehead atoms. The average molecular weight is 292 g/mol. The maximum atomic E-state index is 10.2. The van der Waals surface area contributed by atoms with Crippen LogP contribution in [-0.2, 0) is 11.3 Å². The normalized spacial score (nSPS) is 10.9. The van der Waals surface area contributed by atoms with Gasteiger partial charge >= 0.3 is 0 Å². The molecule has 84 valence electrons. The van der Waals surface area contributed by atoms with Crippen molar-refractivity contribution in [2.75, 3.05) is 0 Å². The minimum atomic E-state index is 0.233. The lowest BCUT2D eigenvalue weighted by atomic mass is 10.1. The van der Waals surface area contributed by atoms with E-state index in [1.165, 1.54) is 6.08 Å². The molecule has 0 aliphatic carbocycles. The third-order valence-electron chi connectivity index (χ3n) is 2.67. The third kappa shape index (κ3) is 1.44. The molecule has 1 aromatic carbocycles. The Morgan fingerprint density at radius 2 is 1.88 bits per heavy atom. The Morgan fingerprint density at radius 3 is 2.65 bits per heavy atom. The molecule has 0 saturated heterocycles. The third-order valence-corrected chi connectivity index (χ3v) is 3.45. The Labute approximate surface area is 104 Å². The van der Waals surface area contributed by atoms with E-state index in [1.54, 1.807) is 12.5 Å².